The lowest BCUT2D eigenvalue weighted by Crippen LogP contribution is -2.56. The normalized spacial score (nSPS) is 25.9. The zero-order chi connectivity index (χ0) is 32.6. The van der Waals surface area contributed by atoms with Crippen LogP contribution in [-0.2, 0) is 23.9 Å². The smallest absolute Gasteiger partial charge is 0.404 e. The van der Waals surface area contributed by atoms with Crippen molar-refractivity contribution in [3.63, 3.8) is 0 Å². The Kier molecular flexibility index (Phi) is 11.6. The quantitative estimate of drug-likeness (QED) is 0.103. The fourth-order valence-electron chi connectivity index (χ4n) is 6.88. The fourth-order valence-corrected chi connectivity index (χ4v) is 6.88. The van der Waals surface area contributed by atoms with Crippen LogP contribution in [0.2, 0.25) is 0 Å². The van der Waals surface area contributed by atoms with E-state index in [2.05, 4.69) is 55.5 Å². The van der Waals surface area contributed by atoms with Crippen molar-refractivity contribution in [1.29, 1.82) is 0 Å². The number of carbonyl (C=O) groups is 4. The molecule has 0 spiro atoms. The van der Waals surface area contributed by atoms with Crippen molar-refractivity contribution >= 4 is 23.6 Å². The molecular weight excluding hydrogens is 572 g/mol. The van der Waals surface area contributed by atoms with Crippen molar-refractivity contribution in [3.8, 4) is 0 Å². The minimum Gasteiger partial charge on any atom is -0.449 e. The van der Waals surface area contributed by atoms with Crippen molar-refractivity contribution in [2.45, 2.75) is 95.9 Å². The first-order chi connectivity index (χ1) is 21.7. The molecule has 0 aromatic carbocycles. The number of hydrogen-bond donors (Lipinski definition) is 2. The summed E-state index contributed by atoms with van der Waals surface area (Å²) in [5.41, 5.74) is 10.4. The first-order valence-corrected chi connectivity index (χ1v) is 16.2. The van der Waals surface area contributed by atoms with Crippen LogP contribution in [0.3, 0.4) is 0 Å². The largest absolute Gasteiger partial charge is 0.449 e. The van der Waals surface area contributed by atoms with E-state index >= 15 is 0 Å². The summed E-state index contributed by atoms with van der Waals surface area (Å²) in [6.45, 7) is 3.80. The number of primary amides is 1. The van der Waals surface area contributed by atoms with E-state index in [0.29, 0.717) is 19.4 Å². The molecule has 4 aliphatic rings. The summed E-state index contributed by atoms with van der Waals surface area (Å²) in [7, 11) is 1.48. The van der Waals surface area contributed by atoms with Crippen LogP contribution in [0.5, 0.6) is 0 Å². The summed E-state index contributed by atoms with van der Waals surface area (Å²) in [5, 5.41) is 0. The summed E-state index contributed by atoms with van der Waals surface area (Å²) in [5.74, 6) is -1.68. The Morgan fingerprint density at radius 3 is 2.11 bits per heavy atom. The Balaban J connectivity index is 1.24. The third-order valence-electron chi connectivity index (χ3n) is 9.19. The number of ether oxygens (including phenoxy) is 2. The molecule has 4 N–H and O–H groups in total. The SMILES string of the molecule is CCCCC/C=C\C/C=C\C/C=C\C/C=C\CCCC(=O)N1[C@H]2[C@@H]1CN1C3=C(C(=O)C(N)=C(C)C3=O)[C@@H](COC(N)=O)[C@@]21OC. The average molecular weight is 621 g/mol. The van der Waals surface area contributed by atoms with Gasteiger partial charge in [-0.05, 0) is 51.9 Å². The molecule has 0 aromatic rings. The maximum absolute atomic E-state index is 13.3. The molecule has 0 saturated carbocycles. The number of allylic oxidation sites excluding steroid dienone is 10. The monoisotopic (exact) mass is 620 g/mol. The van der Waals surface area contributed by atoms with Gasteiger partial charge >= 0.3 is 6.09 Å². The molecule has 4 atom stereocenters. The summed E-state index contributed by atoms with van der Waals surface area (Å²) in [6.07, 6.45) is 26.0. The van der Waals surface area contributed by atoms with Gasteiger partial charge in [-0.25, -0.2) is 4.79 Å². The molecule has 2 fully saturated rings. The van der Waals surface area contributed by atoms with Crippen LogP contribution < -0.4 is 11.5 Å². The number of amides is 2. The third-order valence-corrected chi connectivity index (χ3v) is 9.19. The highest BCUT2D eigenvalue weighted by molar-refractivity contribution is 6.25. The Morgan fingerprint density at radius 2 is 1.53 bits per heavy atom. The molecule has 244 valence electrons. The number of piperazine rings is 1. The standard InChI is InChI=1S/C35H48N4O6/c1-4-5-6-7-8-9-10-11-12-13-14-15-16-17-18-19-20-21-27(40)39-26-22-38-30-28(32(42)29(36)24(2)31(30)41)25(23-45-34(37)43)35(38,44-3)33(26)39/h8-9,11-12,14-15,17-18,25-26,33H,4-7,10,13,16,19-23,36H2,1-3H3,(H2,37,43)/b9-8-,12-11-,15-14-,18-17-/t25-,26+,33+,35-,39?/m1/s1. The molecule has 0 radical (unpaired) electrons. The van der Waals surface area contributed by atoms with Crippen molar-refractivity contribution in [3.05, 3.63) is 71.1 Å². The van der Waals surface area contributed by atoms with Gasteiger partial charge < -0.3 is 30.7 Å². The van der Waals surface area contributed by atoms with Crippen molar-refractivity contribution < 1.29 is 28.7 Å². The van der Waals surface area contributed by atoms with Gasteiger partial charge in [-0.1, -0.05) is 68.4 Å². The number of rotatable bonds is 17. The summed E-state index contributed by atoms with van der Waals surface area (Å²) < 4.78 is 11.2. The lowest BCUT2D eigenvalue weighted by Gasteiger charge is -2.41. The molecule has 2 saturated heterocycles. The second kappa shape index (κ2) is 15.4. The zero-order valence-electron chi connectivity index (χ0n) is 26.8. The number of nitrogens with zero attached hydrogens (tertiary/aromatic N) is 2. The van der Waals surface area contributed by atoms with Crippen LogP contribution in [0.4, 0.5) is 4.79 Å². The van der Waals surface area contributed by atoms with E-state index in [0.717, 1.165) is 25.7 Å². The first kappa shape index (κ1) is 34.0. The molecule has 4 rings (SSSR count). The molecule has 0 unspecified atom stereocenters. The predicted molar refractivity (Wildman–Crippen MR) is 172 cm³/mol. The minimum absolute atomic E-state index is 0.0112. The Morgan fingerprint density at radius 1 is 0.933 bits per heavy atom. The first-order valence-electron chi connectivity index (χ1n) is 16.2. The molecular formula is C35H48N4O6. The minimum atomic E-state index is -1.23. The highest BCUT2D eigenvalue weighted by atomic mass is 16.6. The van der Waals surface area contributed by atoms with Gasteiger partial charge in [0.2, 0.25) is 17.5 Å². The van der Waals surface area contributed by atoms with Crippen LogP contribution in [0.15, 0.2) is 71.1 Å². The number of Topliss-reactive ketones (excluding diaryl/α,β-unsaturated/α-hetero) is 2. The molecule has 1 aliphatic carbocycles. The molecule has 45 heavy (non-hydrogen) atoms. The van der Waals surface area contributed by atoms with E-state index in [1.807, 2.05) is 0 Å². The van der Waals surface area contributed by atoms with Crippen molar-refractivity contribution in [2.75, 3.05) is 20.3 Å². The number of ketones is 2. The molecule has 0 aromatic heterocycles. The van der Waals surface area contributed by atoms with E-state index < -0.39 is 29.6 Å². The topological polar surface area (TPSA) is 145 Å². The Hall–Kier alpha value is -3.92. The van der Waals surface area contributed by atoms with E-state index in [1.165, 1.54) is 39.7 Å². The van der Waals surface area contributed by atoms with Crippen LogP contribution in [0, 0.1) is 5.92 Å². The molecule has 10 heteroatoms. The Bertz CT molecular complexity index is 1340. The second-order valence-electron chi connectivity index (χ2n) is 12.0. The van der Waals surface area contributed by atoms with E-state index in [1.54, 1.807) is 9.80 Å². The van der Waals surface area contributed by atoms with Crippen LogP contribution in [-0.4, -0.2) is 71.4 Å². The number of unbranched alkanes of at least 4 members (excludes halogenated alkanes) is 4. The number of hydrogen-bond acceptors (Lipinski definition) is 8. The summed E-state index contributed by atoms with van der Waals surface area (Å²) in [4.78, 5) is 54.9. The number of methoxy groups -OCH3 is 1. The van der Waals surface area contributed by atoms with Gasteiger partial charge in [-0.2, -0.15) is 0 Å². The molecule has 10 nitrogen and oxygen atoms in total. The van der Waals surface area contributed by atoms with Crippen molar-refractivity contribution in [2.24, 2.45) is 17.4 Å². The van der Waals surface area contributed by atoms with Gasteiger partial charge in [0, 0.05) is 31.2 Å². The van der Waals surface area contributed by atoms with Gasteiger partial charge in [-0.3, -0.25) is 14.4 Å². The molecule has 3 aliphatic heterocycles. The highest BCUT2D eigenvalue weighted by Gasteiger charge is 2.77. The predicted octanol–water partition coefficient (Wildman–Crippen LogP) is 4.73. The number of fused-ring (bicyclic) bond motifs is 4. The number of nitrogens with two attached hydrogens (primary N) is 2. The fraction of sp³-hybridized carbons (Fsp3) is 0.543. The zero-order valence-corrected chi connectivity index (χ0v) is 26.8. The van der Waals surface area contributed by atoms with E-state index in [-0.39, 0.29) is 46.9 Å². The molecule has 2 amide bonds. The average Bonchev–Trinajstić information content (AvgIpc) is 3.54. The lowest BCUT2D eigenvalue weighted by molar-refractivity contribution is -0.153. The van der Waals surface area contributed by atoms with E-state index in [9.17, 15) is 19.2 Å². The van der Waals surface area contributed by atoms with Gasteiger partial charge in [0.05, 0.1) is 23.4 Å². The summed E-state index contributed by atoms with van der Waals surface area (Å²) >= 11 is 0. The van der Waals surface area contributed by atoms with Crippen LogP contribution in [0.25, 0.3) is 0 Å². The van der Waals surface area contributed by atoms with Crippen LogP contribution in [0.1, 0.15) is 78.1 Å². The van der Waals surface area contributed by atoms with Crippen LogP contribution >= 0.6 is 0 Å². The second-order valence-corrected chi connectivity index (χ2v) is 12.0. The maximum Gasteiger partial charge on any atom is 0.404 e. The molecule has 3 heterocycles. The van der Waals surface area contributed by atoms with Gasteiger partial charge in [0.25, 0.3) is 0 Å². The molecule has 0 bridgehead atoms. The van der Waals surface area contributed by atoms with Gasteiger partial charge in [0.15, 0.2) is 5.72 Å². The summed E-state index contributed by atoms with van der Waals surface area (Å²) in [6, 6.07) is -0.577. The Labute approximate surface area is 266 Å². The van der Waals surface area contributed by atoms with Crippen molar-refractivity contribution in [1.82, 2.24) is 9.80 Å². The van der Waals surface area contributed by atoms with Gasteiger partial charge in [-0.15, -0.1) is 0 Å². The number of carbonyl (C=O) groups excluding carboxylic acids is 4. The van der Waals surface area contributed by atoms with E-state index in [4.69, 9.17) is 20.9 Å². The lowest BCUT2D eigenvalue weighted by atomic mass is 9.82. The maximum atomic E-state index is 13.3. The van der Waals surface area contributed by atoms with Gasteiger partial charge in [0.1, 0.15) is 12.6 Å². The third kappa shape index (κ3) is 7.01. The highest BCUT2D eigenvalue weighted by Crippen LogP contribution is 2.59.